The average Bonchev–Trinajstić information content (AvgIpc) is 2.52. The number of nitrogens with one attached hydrogen (secondary N) is 2. The van der Waals surface area contributed by atoms with Crippen molar-refractivity contribution in [2.45, 2.75) is 32.9 Å². The van der Waals surface area contributed by atoms with E-state index in [-0.39, 0.29) is 5.91 Å². The number of amides is 2. The van der Waals surface area contributed by atoms with Crippen LogP contribution < -0.4 is 10.6 Å². The van der Waals surface area contributed by atoms with Gasteiger partial charge in [-0.2, -0.15) is 0 Å². The molecule has 0 unspecified atom stereocenters. The minimum Gasteiger partial charge on any atom is -0.444 e. The van der Waals surface area contributed by atoms with Gasteiger partial charge in [0.05, 0.1) is 0 Å². The van der Waals surface area contributed by atoms with E-state index in [1.807, 2.05) is 51.1 Å². The highest BCUT2D eigenvalue weighted by Crippen LogP contribution is 2.14. The highest BCUT2D eigenvalue weighted by atomic mass is 16.6. The summed E-state index contributed by atoms with van der Waals surface area (Å²) in [7, 11) is 0. The highest BCUT2D eigenvalue weighted by molar-refractivity contribution is 5.94. The molecule has 0 saturated heterocycles. The van der Waals surface area contributed by atoms with Crippen LogP contribution in [0.2, 0.25) is 0 Å². The van der Waals surface area contributed by atoms with Crippen molar-refractivity contribution < 1.29 is 14.3 Å². The van der Waals surface area contributed by atoms with Crippen LogP contribution in [0.25, 0.3) is 0 Å². The van der Waals surface area contributed by atoms with E-state index < -0.39 is 11.7 Å². The molecule has 0 aliphatic carbocycles. The third-order valence-corrected chi connectivity index (χ3v) is 3.06. The monoisotopic (exact) mass is 326 g/mol. The third-order valence-electron chi connectivity index (χ3n) is 3.06. The molecule has 2 amide bonds. The van der Waals surface area contributed by atoms with Crippen LogP contribution in [0.3, 0.4) is 0 Å². The Kier molecular flexibility index (Phi) is 5.58. The van der Waals surface area contributed by atoms with Crippen LogP contribution in [-0.2, 0) is 11.3 Å². The third kappa shape index (κ3) is 5.76. The van der Waals surface area contributed by atoms with E-state index in [2.05, 4.69) is 10.6 Å². The summed E-state index contributed by atoms with van der Waals surface area (Å²) in [6.07, 6.45) is -0.507. The van der Waals surface area contributed by atoms with Crippen molar-refractivity contribution in [1.29, 1.82) is 0 Å². The van der Waals surface area contributed by atoms with Crippen LogP contribution in [0.4, 0.5) is 10.5 Å². The Morgan fingerprint density at radius 2 is 1.71 bits per heavy atom. The van der Waals surface area contributed by atoms with E-state index in [9.17, 15) is 9.59 Å². The second kappa shape index (κ2) is 7.64. The van der Waals surface area contributed by atoms with Crippen molar-refractivity contribution in [3.8, 4) is 0 Å². The first-order valence-corrected chi connectivity index (χ1v) is 7.76. The van der Waals surface area contributed by atoms with Crippen molar-refractivity contribution in [2.75, 3.05) is 5.32 Å². The van der Waals surface area contributed by atoms with E-state index in [1.165, 1.54) is 0 Å². The van der Waals surface area contributed by atoms with Gasteiger partial charge in [0.1, 0.15) is 5.60 Å². The van der Waals surface area contributed by atoms with Crippen LogP contribution in [0.1, 0.15) is 36.7 Å². The van der Waals surface area contributed by atoms with Gasteiger partial charge in [-0.3, -0.25) is 10.1 Å². The number of ether oxygens (including phenoxy) is 1. The van der Waals surface area contributed by atoms with E-state index in [0.29, 0.717) is 17.8 Å². The smallest absolute Gasteiger partial charge is 0.412 e. The standard InChI is InChI=1S/C19H22N2O3/c1-19(2,3)24-18(23)21-16-11-7-8-14(12-16)13-20-17(22)15-9-5-4-6-10-15/h4-12H,13H2,1-3H3,(H,20,22)(H,21,23). The molecule has 0 atom stereocenters. The van der Waals surface area contributed by atoms with Gasteiger partial charge in [-0.05, 0) is 50.6 Å². The molecule has 0 heterocycles. The molecule has 0 fully saturated rings. The fourth-order valence-corrected chi connectivity index (χ4v) is 2.05. The number of rotatable bonds is 4. The predicted molar refractivity (Wildman–Crippen MR) is 93.9 cm³/mol. The van der Waals surface area contributed by atoms with Crippen LogP contribution in [0.15, 0.2) is 54.6 Å². The zero-order valence-corrected chi connectivity index (χ0v) is 14.1. The van der Waals surface area contributed by atoms with Crippen LogP contribution >= 0.6 is 0 Å². The molecule has 0 saturated carbocycles. The molecule has 2 rings (SSSR count). The van der Waals surface area contributed by atoms with Crippen molar-refractivity contribution in [2.24, 2.45) is 0 Å². The van der Waals surface area contributed by atoms with Crippen molar-refractivity contribution in [3.05, 3.63) is 65.7 Å². The Morgan fingerprint density at radius 1 is 1.00 bits per heavy atom. The van der Waals surface area contributed by atoms with Crippen molar-refractivity contribution in [3.63, 3.8) is 0 Å². The second-order valence-corrected chi connectivity index (χ2v) is 6.38. The number of benzene rings is 2. The lowest BCUT2D eigenvalue weighted by Crippen LogP contribution is -2.27. The minimum atomic E-state index is -0.550. The Morgan fingerprint density at radius 3 is 2.38 bits per heavy atom. The largest absolute Gasteiger partial charge is 0.444 e. The maximum absolute atomic E-state index is 12.0. The van der Waals surface area contributed by atoms with Gasteiger partial charge in [-0.1, -0.05) is 30.3 Å². The zero-order chi connectivity index (χ0) is 17.6. The molecule has 2 aromatic carbocycles. The maximum Gasteiger partial charge on any atom is 0.412 e. The normalized spacial score (nSPS) is 10.8. The van der Waals surface area contributed by atoms with Gasteiger partial charge in [-0.15, -0.1) is 0 Å². The lowest BCUT2D eigenvalue weighted by molar-refractivity contribution is 0.0635. The molecule has 0 bridgehead atoms. The van der Waals surface area contributed by atoms with Gasteiger partial charge in [-0.25, -0.2) is 4.79 Å². The van der Waals surface area contributed by atoms with Crippen LogP contribution in [0.5, 0.6) is 0 Å². The molecule has 2 aromatic rings. The first-order chi connectivity index (χ1) is 11.3. The van der Waals surface area contributed by atoms with Crippen molar-refractivity contribution in [1.82, 2.24) is 5.32 Å². The van der Waals surface area contributed by atoms with Gasteiger partial charge in [0, 0.05) is 17.8 Å². The SMILES string of the molecule is CC(C)(C)OC(=O)Nc1cccc(CNC(=O)c2ccccc2)c1. The summed E-state index contributed by atoms with van der Waals surface area (Å²) in [5, 5.41) is 5.54. The van der Waals surface area contributed by atoms with Gasteiger partial charge in [0.2, 0.25) is 0 Å². The van der Waals surface area contributed by atoms with Gasteiger partial charge in [0.25, 0.3) is 5.91 Å². The molecule has 0 aromatic heterocycles. The van der Waals surface area contributed by atoms with Gasteiger partial charge < -0.3 is 10.1 Å². The summed E-state index contributed by atoms with van der Waals surface area (Å²) in [5.74, 6) is -0.138. The maximum atomic E-state index is 12.0. The summed E-state index contributed by atoms with van der Waals surface area (Å²) in [6, 6.07) is 16.3. The number of hydrogen-bond donors (Lipinski definition) is 2. The Hall–Kier alpha value is -2.82. The molecule has 0 spiro atoms. The molecule has 0 aliphatic heterocycles. The average molecular weight is 326 g/mol. The molecule has 5 nitrogen and oxygen atoms in total. The first kappa shape index (κ1) is 17.5. The summed E-state index contributed by atoms with van der Waals surface area (Å²) >= 11 is 0. The number of hydrogen-bond acceptors (Lipinski definition) is 3. The lowest BCUT2D eigenvalue weighted by Gasteiger charge is -2.19. The van der Waals surface area contributed by atoms with E-state index in [0.717, 1.165) is 5.56 Å². The summed E-state index contributed by atoms with van der Waals surface area (Å²) in [4.78, 5) is 23.8. The van der Waals surface area contributed by atoms with E-state index >= 15 is 0 Å². The minimum absolute atomic E-state index is 0.138. The van der Waals surface area contributed by atoms with Gasteiger partial charge >= 0.3 is 6.09 Å². The Bertz CT molecular complexity index is 706. The molecule has 5 heteroatoms. The Balaban J connectivity index is 1.93. The zero-order valence-electron chi connectivity index (χ0n) is 14.1. The lowest BCUT2D eigenvalue weighted by atomic mass is 10.1. The van der Waals surface area contributed by atoms with Crippen LogP contribution in [0, 0.1) is 0 Å². The topological polar surface area (TPSA) is 67.4 Å². The second-order valence-electron chi connectivity index (χ2n) is 6.38. The molecular formula is C19H22N2O3. The van der Waals surface area contributed by atoms with Crippen molar-refractivity contribution >= 4 is 17.7 Å². The molecular weight excluding hydrogens is 304 g/mol. The molecule has 0 aliphatic rings. The summed E-state index contributed by atoms with van der Waals surface area (Å²) in [5.41, 5.74) is 1.56. The molecule has 24 heavy (non-hydrogen) atoms. The summed E-state index contributed by atoms with van der Waals surface area (Å²) < 4.78 is 5.22. The highest BCUT2D eigenvalue weighted by Gasteiger charge is 2.16. The number of anilines is 1. The predicted octanol–water partition coefficient (Wildman–Crippen LogP) is 3.96. The van der Waals surface area contributed by atoms with Crippen LogP contribution in [-0.4, -0.2) is 17.6 Å². The summed E-state index contributed by atoms with van der Waals surface area (Å²) in [6.45, 7) is 5.80. The van der Waals surface area contributed by atoms with Gasteiger partial charge in [0.15, 0.2) is 0 Å². The van der Waals surface area contributed by atoms with E-state index in [1.54, 1.807) is 24.3 Å². The van der Waals surface area contributed by atoms with E-state index in [4.69, 9.17) is 4.74 Å². The Labute approximate surface area is 142 Å². The number of carbonyl (C=O) groups is 2. The quantitative estimate of drug-likeness (QED) is 0.893. The molecule has 0 radical (unpaired) electrons. The molecule has 2 N–H and O–H groups in total. The first-order valence-electron chi connectivity index (χ1n) is 7.76. The fourth-order valence-electron chi connectivity index (χ4n) is 2.05. The molecule has 126 valence electrons. The number of carbonyl (C=O) groups excluding carboxylic acids is 2. The fraction of sp³-hybridized carbons (Fsp3) is 0.263.